The molecule has 0 spiro atoms. The van der Waals surface area contributed by atoms with Crippen molar-refractivity contribution in [3.8, 4) is 0 Å². The number of halogens is 1. The summed E-state index contributed by atoms with van der Waals surface area (Å²) in [6.07, 6.45) is 11.7. The van der Waals surface area contributed by atoms with E-state index in [1.165, 1.54) is 44.6 Å². The largest absolute Gasteiger partial charge is 0.463 e. The number of hydrogen-bond donors (Lipinski definition) is 0. The number of unbranched alkanes of at least 4 members (excludes halogenated alkanes) is 8. The van der Waals surface area contributed by atoms with Gasteiger partial charge in [0.2, 0.25) is 8.41 Å². The molecule has 0 aromatic rings. The summed E-state index contributed by atoms with van der Waals surface area (Å²) in [6, 6.07) is 0.816. The zero-order valence-corrected chi connectivity index (χ0v) is 14.3. The van der Waals surface area contributed by atoms with Crippen LogP contribution in [0, 0.1) is 0 Å². The second-order valence-electron chi connectivity index (χ2n) is 6.02. The van der Waals surface area contributed by atoms with Gasteiger partial charge in [0.15, 0.2) is 0 Å². The van der Waals surface area contributed by atoms with E-state index in [0.717, 1.165) is 25.3 Å². The molecule has 0 saturated carbocycles. The molecule has 0 N–H and O–H groups in total. The molecule has 0 saturated heterocycles. The fourth-order valence-electron chi connectivity index (χ4n) is 2.12. The van der Waals surface area contributed by atoms with E-state index in [0.29, 0.717) is 6.61 Å². The van der Waals surface area contributed by atoms with E-state index in [1.807, 2.05) is 0 Å². The van der Waals surface area contributed by atoms with Gasteiger partial charge in [0.05, 0.1) is 6.61 Å². The van der Waals surface area contributed by atoms with Gasteiger partial charge in [0.1, 0.15) is 0 Å². The van der Waals surface area contributed by atoms with Crippen LogP contribution in [0.5, 0.6) is 0 Å². The first kappa shape index (κ1) is 19.4. The third-order valence-electron chi connectivity index (χ3n) is 3.33. The van der Waals surface area contributed by atoms with Crippen molar-refractivity contribution in [1.82, 2.24) is 0 Å². The molecule has 2 nitrogen and oxygen atoms in total. The second kappa shape index (κ2) is 12.1. The summed E-state index contributed by atoms with van der Waals surface area (Å²) in [5, 5.41) is 0. The van der Waals surface area contributed by atoms with Crippen LogP contribution in [-0.2, 0) is 9.53 Å². The fraction of sp³-hybridized carbons (Fsp3) is 0.812. The number of carbonyl (C=O) groups is 1. The lowest BCUT2D eigenvalue weighted by atomic mass is 10.1. The van der Waals surface area contributed by atoms with Gasteiger partial charge in [-0.15, -0.1) is 0 Å². The van der Waals surface area contributed by atoms with E-state index < -0.39 is 8.41 Å². The first-order valence-corrected chi connectivity index (χ1v) is 11.0. The van der Waals surface area contributed by atoms with Crippen LogP contribution < -0.4 is 0 Å². The Labute approximate surface area is 125 Å². The Bertz CT molecular complexity index is 262. The van der Waals surface area contributed by atoms with Gasteiger partial charge in [-0.05, 0) is 25.6 Å². The maximum Gasteiger partial charge on any atom is 0.330 e. The SMILES string of the molecule is C=CC(=O)OCCCCCCCCCCC[Si](C)(C)F. The first-order chi connectivity index (χ1) is 9.45. The van der Waals surface area contributed by atoms with Crippen molar-refractivity contribution in [1.29, 1.82) is 0 Å². The molecule has 0 amide bonds. The Morgan fingerprint density at radius 1 is 1.00 bits per heavy atom. The molecule has 0 aromatic heterocycles. The van der Waals surface area contributed by atoms with Gasteiger partial charge < -0.3 is 8.84 Å². The number of rotatable bonds is 13. The van der Waals surface area contributed by atoms with Crippen LogP contribution in [0.25, 0.3) is 0 Å². The van der Waals surface area contributed by atoms with Crippen LogP contribution in [0.2, 0.25) is 19.1 Å². The van der Waals surface area contributed by atoms with Crippen molar-refractivity contribution in [2.45, 2.75) is 76.9 Å². The molecule has 0 aliphatic rings. The monoisotopic (exact) mass is 302 g/mol. The molecule has 118 valence electrons. The highest BCUT2D eigenvalue weighted by Gasteiger charge is 2.18. The van der Waals surface area contributed by atoms with Gasteiger partial charge in [0, 0.05) is 6.08 Å². The fourth-order valence-corrected chi connectivity index (χ4v) is 3.21. The van der Waals surface area contributed by atoms with Gasteiger partial charge in [-0.3, -0.25) is 0 Å². The summed E-state index contributed by atoms with van der Waals surface area (Å²) < 4.78 is 18.2. The van der Waals surface area contributed by atoms with Crippen molar-refractivity contribution in [3.63, 3.8) is 0 Å². The highest BCUT2D eigenvalue weighted by atomic mass is 28.4. The van der Waals surface area contributed by atoms with Crippen LogP contribution in [0.3, 0.4) is 0 Å². The van der Waals surface area contributed by atoms with Crippen LogP contribution >= 0.6 is 0 Å². The van der Waals surface area contributed by atoms with E-state index in [2.05, 4.69) is 6.58 Å². The van der Waals surface area contributed by atoms with Gasteiger partial charge in [-0.25, -0.2) is 4.79 Å². The topological polar surface area (TPSA) is 26.3 Å². The molecule has 0 radical (unpaired) electrons. The van der Waals surface area contributed by atoms with Crippen molar-refractivity contribution in [2.24, 2.45) is 0 Å². The van der Waals surface area contributed by atoms with Crippen molar-refractivity contribution in [2.75, 3.05) is 6.61 Å². The van der Waals surface area contributed by atoms with Gasteiger partial charge >= 0.3 is 5.97 Å². The van der Waals surface area contributed by atoms with E-state index in [9.17, 15) is 8.90 Å². The average Bonchev–Trinajstić information content (AvgIpc) is 2.38. The van der Waals surface area contributed by atoms with Crippen LogP contribution in [0.1, 0.15) is 57.8 Å². The predicted molar refractivity (Wildman–Crippen MR) is 86.1 cm³/mol. The number of hydrogen-bond acceptors (Lipinski definition) is 2. The van der Waals surface area contributed by atoms with Gasteiger partial charge in [-0.2, -0.15) is 0 Å². The highest BCUT2D eigenvalue weighted by Crippen LogP contribution is 2.17. The molecule has 0 rings (SSSR count). The number of esters is 1. The molecule has 0 aliphatic carbocycles. The maximum absolute atomic E-state index is 13.3. The van der Waals surface area contributed by atoms with Crippen molar-refractivity contribution >= 4 is 14.4 Å². The maximum atomic E-state index is 13.3. The van der Waals surface area contributed by atoms with Crippen molar-refractivity contribution < 1.29 is 13.6 Å². The summed E-state index contributed by atoms with van der Waals surface area (Å²) >= 11 is 0. The molecular formula is C16H31FO2Si. The second-order valence-corrected chi connectivity index (χ2v) is 9.96. The zero-order chi connectivity index (χ0) is 15.3. The van der Waals surface area contributed by atoms with Crippen LogP contribution in [-0.4, -0.2) is 21.0 Å². The molecule has 20 heavy (non-hydrogen) atoms. The molecule has 0 heterocycles. The lowest BCUT2D eigenvalue weighted by Gasteiger charge is -2.09. The molecule has 0 unspecified atom stereocenters. The molecule has 0 fully saturated rings. The third kappa shape index (κ3) is 15.4. The lowest BCUT2D eigenvalue weighted by molar-refractivity contribution is -0.137. The minimum Gasteiger partial charge on any atom is -0.463 e. The molecule has 0 aromatic carbocycles. The zero-order valence-electron chi connectivity index (χ0n) is 13.3. The van der Waals surface area contributed by atoms with Crippen LogP contribution in [0.15, 0.2) is 12.7 Å². The normalized spacial score (nSPS) is 11.3. The lowest BCUT2D eigenvalue weighted by Crippen LogP contribution is -2.16. The Balaban J connectivity index is 3.10. The van der Waals surface area contributed by atoms with E-state index in [1.54, 1.807) is 13.1 Å². The van der Waals surface area contributed by atoms with Gasteiger partial charge in [0.25, 0.3) is 0 Å². The number of carbonyl (C=O) groups excluding carboxylic acids is 1. The summed E-state index contributed by atoms with van der Waals surface area (Å²) in [5.74, 6) is -0.329. The predicted octanol–water partition coefficient (Wildman–Crippen LogP) is 5.40. The molecule has 0 bridgehead atoms. The number of ether oxygens (including phenoxy) is 1. The average molecular weight is 303 g/mol. The Morgan fingerprint density at radius 3 is 1.90 bits per heavy atom. The summed E-state index contributed by atoms with van der Waals surface area (Å²) in [6.45, 7) is 7.44. The molecule has 0 aliphatic heterocycles. The standard InChI is InChI=1S/C16H31FO2Si/c1-4-16(18)19-14-12-10-8-6-5-7-9-11-13-15-20(2,3)17/h4H,1,5-15H2,2-3H3. The van der Waals surface area contributed by atoms with Crippen molar-refractivity contribution in [3.05, 3.63) is 12.7 Å². The van der Waals surface area contributed by atoms with Gasteiger partial charge in [-0.1, -0.05) is 57.9 Å². The minimum absolute atomic E-state index is 0.329. The smallest absolute Gasteiger partial charge is 0.330 e. The summed E-state index contributed by atoms with van der Waals surface area (Å²) in [4.78, 5) is 10.8. The Hall–Kier alpha value is -0.643. The van der Waals surface area contributed by atoms with E-state index in [-0.39, 0.29) is 5.97 Å². The first-order valence-electron chi connectivity index (χ1n) is 7.94. The van der Waals surface area contributed by atoms with E-state index in [4.69, 9.17) is 4.74 Å². The Kier molecular flexibility index (Phi) is 11.7. The summed E-state index contributed by atoms with van der Waals surface area (Å²) in [5.41, 5.74) is 0. The molecular weight excluding hydrogens is 271 g/mol. The molecule has 4 heteroatoms. The summed E-state index contributed by atoms with van der Waals surface area (Å²) in [7, 11) is -2.30. The van der Waals surface area contributed by atoms with Crippen LogP contribution in [0.4, 0.5) is 4.11 Å². The van der Waals surface area contributed by atoms with E-state index >= 15 is 0 Å². The molecule has 0 atom stereocenters. The quantitative estimate of drug-likeness (QED) is 0.150. The third-order valence-corrected chi connectivity index (χ3v) is 4.87. The minimum atomic E-state index is -2.30. The highest BCUT2D eigenvalue weighted by molar-refractivity contribution is 6.70. The Morgan fingerprint density at radius 2 is 1.45 bits per heavy atom.